The maximum Gasteiger partial charge on any atom is 0.251 e. The number of nitrogens with zero attached hydrogens (tertiary/aromatic N) is 2. The molecule has 2 heterocycles. The molecule has 2 aromatic rings. The van der Waals surface area contributed by atoms with Crippen LogP contribution in [0, 0.1) is 5.82 Å². The molecule has 1 aliphatic carbocycles. The molecule has 29 heavy (non-hydrogen) atoms. The van der Waals surface area contributed by atoms with Crippen LogP contribution in [0.1, 0.15) is 30.0 Å². The van der Waals surface area contributed by atoms with Crippen molar-refractivity contribution in [3.05, 3.63) is 59.7 Å². The number of ether oxygens (including phenoxy) is 2. The van der Waals surface area contributed by atoms with Crippen LogP contribution in [0.5, 0.6) is 5.75 Å². The molecule has 2 atom stereocenters. The van der Waals surface area contributed by atoms with Crippen LogP contribution in [0.25, 0.3) is 0 Å². The molecule has 2 fully saturated rings. The summed E-state index contributed by atoms with van der Waals surface area (Å²) in [6.07, 6.45) is 4.27. The fourth-order valence-corrected chi connectivity index (χ4v) is 3.63. The van der Waals surface area contributed by atoms with Crippen LogP contribution in [-0.4, -0.2) is 47.6 Å². The Morgan fingerprint density at radius 2 is 2.21 bits per heavy atom. The van der Waals surface area contributed by atoms with Crippen molar-refractivity contribution in [2.75, 3.05) is 13.7 Å². The summed E-state index contributed by atoms with van der Waals surface area (Å²) in [6, 6.07) is 7.72. The van der Waals surface area contributed by atoms with Crippen LogP contribution < -0.4 is 10.1 Å². The number of benzene rings is 1. The quantitative estimate of drug-likeness (QED) is 0.803. The Labute approximate surface area is 167 Å². The molecule has 1 N–H and O–H groups in total. The number of halogens is 1. The van der Waals surface area contributed by atoms with E-state index in [1.165, 1.54) is 19.2 Å². The lowest BCUT2D eigenvalue weighted by molar-refractivity contribution is -0.165. The molecule has 0 unspecified atom stereocenters. The second-order valence-electron chi connectivity index (χ2n) is 7.18. The Balaban J connectivity index is 1.52. The monoisotopic (exact) mass is 399 g/mol. The van der Waals surface area contributed by atoms with Gasteiger partial charge >= 0.3 is 0 Å². The third-order valence-electron chi connectivity index (χ3n) is 5.17. The number of morpholine rings is 1. The van der Waals surface area contributed by atoms with Crippen molar-refractivity contribution in [3.8, 4) is 5.75 Å². The maximum atomic E-state index is 13.9. The molecule has 2 aliphatic rings. The van der Waals surface area contributed by atoms with Gasteiger partial charge in [-0.15, -0.1) is 0 Å². The van der Waals surface area contributed by atoms with E-state index >= 15 is 0 Å². The number of carbonyl (C=O) groups excluding carboxylic acids is 2. The highest BCUT2D eigenvalue weighted by Gasteiger charge is 2.47. The summed E-state index contributed by atoms with van der Waals surface area (Å²) in [6.45, 7) is -0.000739. The van der Waals surface area contributed by atoms with E-state index in [4.69, 9.17) is 9.47 Å². The highest BCUT2D eigenvalue weighted by Crippen LogP contribution is 2.39. The molecule has 1 aliphatic heterocycles. The predicted molar refractivity (Wildman–Crippen MR) is 101 cm³/mol. The second-order valence-corrected chi connectivity index (χ2v) is 7.18. The number of hydrogen-bond donors (Lipinski definition) is 1. The number of rotatable bonds is 6. The van der Waals surface area contributed by atoms with Crippen LogP contribution in [0.2, 0.25) is 0 Å². The van der Waals surface area contributed by atoms with Gasteiger partial charge in [0.25, 0.3) is 5.91 Å². The molecule has 8 heteroatoms. The van der Waals surface area contributed by atoms with Crippen LogP contribution in [0.4, 0.5) is 4.39 Å². The average molecular weight is 399 g/mol. The van der Waals surface area contributed by atoms with Gasteiger partial charge in [0.2, 0.25) is 5.91 Å². The molecule has 1 saturated carbocycles. The van der Waals surface area contributed by atoms with E-state index in [1.54, 1.807) is 29.4 Å². The highest BCUT2D eigenvalue weighted by atomic mass is 19.1. The van der Waals surface area contributed by atoms with Gasteiger partial charge in [-0.2, -0.15) is 0 Å². The first kappa shape index (κ1) is 19.3. The molecule has 2 amide bonds. The minimum atomic E-state index is -0.861. The van der Waals surface area contributed by atoms with E-state index < -0.39 is 18.0 Å². The number of carbonyl (C=O) groups is 2. The second kappa shape index (κ2) is 8.16. The van der Waals surface area contributed by atoms with Crippen LogP contribution in [-0.2, 0) is 20.9 Å². The number of aromatic nitrogens is 1. The topological polar surface area (TPSA) is 80.8 Å². The molecule has 1 saturated heterocycles. The molecule has 1 aromatic carbocycles. The van der Waals surface area contributed by atoms with Crippen molar-refractivity contribution in [1.29, 1.82) is 0 Å². The lowest BCUT2D eigenvalue weighted by atomic mass is 9.98. The number of amides is 2. The Bertz CT molecular complexity index is 904. The molecule has 0 spiro atoms. The third-order valence-corrected chi connectivity index (χ3v) is 5.17. The highest BCUT2D eigenvalue weighted by molar-refractivity contribution is 5.86. The first-order valence-electron chi connectivity index (χ1n) is 9.51. The summed E-state index contributed by atoms with van der Waals surface area (Å²) >= 11 is 0. The fourth-order valence-electron chi connectivity index (χ4n) is 3.63. The van der Waals surface area contributed by atoms with Crippen molar-refractivity contribution in [3.63, 3.8) is 0 Å². The van der Waals surface area contributed by atoms with Crippen LogP contribution in [0.15, 0.2) is 42.7 Å². The zero-order valence-corrected chi connectivity index (χ0v) is 16.0. The minimum Gasteiger partial charge on any atom is -0.494 e. The summed E-state index contributed by atoms with van der Waals surface area (Å²) in [5, 5.41) is 2.80. The van der Waals surface area contributed by atoms with Gasteiger partial charge in [0.1, 0.15) is 6.61 Å². The van der Waals surface area contributed by atoms with E-state index in [1.807, 2.05) is 6.07 Å². The molecule has 0 radical (unpaired) electrons. The minimum absolute atomic E-state index is 0.123. The molecular formula is C21H22FN3O4. The van der Waals surface area contributed by atoms with E-state index in [0.29, 0.717) is 5.56 Å². The number of pyridine rings is 1. The number of methoxy groups -OCH3 is 1. The summed E-state index contributed by atoms with van der Waals surface area (Å²) in [5.74, 6) is -0.825. The van der Waals surface area contributed by atoms with Crippen molar-refractivity contribution in [2.45, 2.75) is 37.6 Å². The Morgan fingerprint density at radius 1 is 1.38 bits per heavy atom. The van der Waals surface area contributed by atoms with Gasteiger partial charge in [-0.1, -0.05) is 12.1 Å². The van der Waals surface area contributed by atoms with E-state index in [9.17, 15) is 14.0 Å². The summed E-state index contributed by atoms with van der Waals surface area (Å²) in [4.78, 5) is 31.3. The summed E-state index contributed by atoms with van der Waals surface area (Å²) in [7, 11) is 1.39. The van der Waals surface area contributed by atoms with Gasteiger partial charge in [0.15, 0.2) is 17.7 Å². The lowest BCUT2D eigenvalue weighted by Gasteiger charge is -2.40. The first-order chi connectivity index (χ1) is 14.1. The molecular weight excluding hydrogens is 377 g/mol. The standard InChI is InChI=1S/C21H22FN3O4/c1-28-17-7-4-13(9-16(17)22)10-24-21(27)20-19(14-3-2-8-23-11-14)25(15-5-6-15)18(26)12-29-20/h2-4,7-9,11,15,19-20H,5-6,10,12H2,1H3,(H,24,27)/t19-,20+/m1/s1. The van der Waals surface area contributed by atoms with Gasteiger partial charge in [-0.05, 0) is 42.2 Å². The Kier molecular flexibility index (Phi) is 5.44. The van der Waals surface area contributed by atoms with Crippen molar-refractivity contribution < 1.29 is 23.5 Å². The zero-order valence-electron chi connectivity index (χ0n) is 16.0. The molecule has 7 nitrogen and oxygen atoms in total. The summed E-state index contributed by atoms with van der Waals surface area (Å²) < 4.78 is 24.4. The Hall–Kier alpha value is -3.00. The van der Waals surface area contributed by atoms with Crippen molar-refractivity contribution >= 4 is 11.8 Å². The van der Waals surface area contributed by atoms with Crippen LogP contribution in [0.3, 0.4) is 0 Å². The maximum absolute atomic E-state index is 13.9. The lowest BCUT2D eigenvalue weighted by Crippen LogP contribution is -2.55. The molecule has 1 aromatic heterocycles. The normalized spacial score (nSPS) is 21.7. The van der Waals surface area contributed by atoms with Crippen LogP contribution >= 0.6 is 0 Å². The van der Waals surface area contributed by atoms with E-state index in [-0.39, 0.29) is 36.8 Å². The Morgan fingerprint density at radius 3 is 2.86 bits per heavy atom. The third kappa shape index (κ3) is 4.07. The van der Waals surface area contributed by atoms with E-state index in [2.05, 4.69) is 10.3 Å². The van der Waals surface area contributed by atoms with Gasteiger partial charge in [0.05, 0.1) is 13.2 Å². The average Bonchev–Trinajstić information content (AvgIpc) is 3.57. The van der Waals surface area contributed by atoms with Gasteiger partial charge in [-0.3, -0.25) is 14.6 Å². The van der Waals surface area contributed by atoms with Gasteiger partial charge in [0, 0.05) is 25.0 Å². The molecule has 152 valence electrons. The first-order valence-corrected chi connectivity index (χ1v) is 9.51. The smallest absolute Gasteiger partial charge is 0.251 e. The fraction of sp³-hybridized carbons (Fsp3) is 0.381. The van der Waals surface area contributed by atoms with Crippen molar-refractivity contribution in [2.24, 2.45) is 0 Å². The van der Waals surface area contributed by atoms with Gasteiger partial charge < -0.3 is 19.7 Å². The SMILES string of the molecule is COc1ccc(CNC(=O)[C@H]2OCC(=O)N(C3CC3)[C@@H]2c2cccnc2)cc1F. The molecule has 4 rings (SSSR count). The summed E-state index contributed by atoms with van der Waals surface area (Å²) in [5.41, 5.74) is 1.35. The van der Waals surface area contributed by atoms with Gasteiger partial charge in [-0.25, -0.2) is 4.39 Å². The predicted octanol–water partition coefficient (Wildman–Crippen LogP) is 1.98. The number of hydrogen-bond acceptors (Lipinski definition) is 5. The van der Waals surface area contributed by atoms with E-state index in [0.717, 1.165) is 18.4 Å². The molecule has 0 bridgehead atoms. The van der Waals surface area contributed by atoms with Crippen molar-refractivity contribution in [1.82, 2.24) is 15.2 Å². The largest absolute Gasteiger partial charge is 0.494 e. The zero-order chi connectivity index (χ0) is 20.4. The number of nitrogens with one attached hydrogen (secondary N) is 1.